The number of nitrogens with zero attached hydrogens (tertiary/aromatic N) is 1. The lowest BCUT2D eigenvalue weighted by Crippen LogP contribution is -2.40. The Morgan fingerprint density at radius 1 is 1.42 bits per heavy atom. The second-order valence-electron chi connectivity index (χ2n) is 6.03. The monoisotopic (exact) mass is 346 g/mol. The van der Waals surface area contributed by atoms with E-state index in [1.807, 2.05) is 18.2 Å². The maximum absolute atomic E-state index is 12.6. The molecule has 1 aromatic heterocycles. The number of nitrogens with one attached hydrogen (secondary N) is 1. The Hall–Kier alpha value is -1.76. The maximum atomic E-state index is 12.6. The predicted octanol–water partition coefficient (Wildman–Crippen LogP) is 2.47. The third-order valence-corrected chi connectivity index (χ3v) is 5.44. The lowest BCUT2D eigenvalue weighted by Gasteiger charge is -2.26. The first kappa shape index (κ1) is 17.1. The molecule has 1 amide bonds. The van der Waals surface area contributed by atoms with Crippen LogP contribution in [0.1, 0.15) is 23.8 Å². The first-order valence-electron chi connectivity index (χ1n) is 8.14. The van der Waals surface area contributed by atoms with Gasteiger partial charge in [-0.05, 0) is 25.0 Å². The number of carbonyl (C=O) groups is 1. The molecule has 0 fully saturated rings. The number of aromatic nitrogens is 1. The van der Waals surface area contributed by atoms with Crippen LogP contribution in [0.5, 0.6) is 0 Å². The van der Waals surface area contributed by atoms with Gasteiger partial charge < -0.3 is 15.2 Å². The Labute approximate surface area is 145 Å². The molecule has 0 aliphatic heterocycles. The molecule has 0 saturated carbocycles. The number of methoxy groups -OCH3 is 1. The number of benzene rings is 1. The molecule has 0 saturated heterocycles. The maximum Gasteiger partial charge on any atom is 0.224 e. The van der Waals surface area contributed by atoms with E-state index in [1.54, 1.807) is 11.3 Å². The Bertz CT molecular complexity index is 695. The fraction of sp³-hybridized carbons (Fsp3) is 0.444. The Kier molecular flexibility index (Phi) is 5.60. The number of para-hydroxylation sites is 1. The van der Waals surface area contributed by atoms with Gasteiger partial charge in [0, 0.05) is 19.6 Å². The molecule has 1 aliphatic carbocycles. The number of rotatable bonds is 6. The number of aliphatic hydroxyl groups is 1. The molecule has 1 aromatic carbocycles. The molecule has 2 N–H and O–H groups in total. The zero-order chi connectivity index (χ0) is 16.9. The molecule has 3 unspecified atom stereocenters. The summed E-state index contributed by atoms with van der Waals surface area (Å²) < 4.78 is 6.03. The minimum Gasteiger partial charge on any atom is -0.389 e. The van der Waals surface area contributed by atoms with Crippen molar-refractivity contribution in [3.63, 3.8) is 0 Å². The van der Waals surface area contributed by atoms with E-state index in [2.05, 4.69) is 23.5 Å². The van der Waals surface area contributed by atoms with E-state index in [9.17, 15) is 9.90 Å². The van der Waals surface area contributed by atoms with Crippen LogP contribution in [0.3, 0.4) is 0 Å². The predicted molar refractivity (Wildman–Crippen MR) is 95.1 cm³/mol. The quantitative estimate of drug-likeness (QED) is 0.788. The zero-order valence-electron chi connectivity index (χ0n) is 13.6. The molecule has 6 heteroatoms. The minimum atomic E-state index is -0.681. The van der Waals surface area contributed by atoms with Crippen LogP contribution in [0.15, 0.2) is 36.4 Å². The van der Waals surface area contributed by atoms with Crippen LogP contribution >= 0.6 is 11.3 Å². The number of hydrogen-bond acceptors (Lipinski definition) is 5. The minimum absolute atomic E-state index is 0.0289. The first-order chi connectivity index (χ1) is 11.7. The van der Waals surface area contributed by atoms with E-state index < -0.39 is 6.10 Å². The molecule has 1 aliphatic rings. The number of aliphatic hydroxyl groups excluding tert-OH is 1. The largest absolute Gasteiger partial charge is 0.389 e. The van der Waals surface area contributed by atoms with Crippen LogP contribution in [-0.4, -0.2) is 42.4 Å². The summed E-state index contributed by atoms with van der Waals surface area (Å²) in [6.07, 6.45) is 5.02. The van der Waals surface area contributed by atoms with Gasteiger partial charge in [-0.2, -0.15) is 0 Å². The van der Waals surface area contributed by atoms with Crippen molar-refractivity contribution in [1.82, 2.24) is 10.3 Å². The van der Waals surface area contributed by atoms with Crippen LogP contribution in [0.4, 0.5) is 0 Å². The van der Waals surface area contributed by atoms with Gasteiger partial charge in [-0.3, -0.25) is 4.79 Å². The van der Waals surface area contributed by atoms with Gasteiger partial charge in [-0.25, -0.2) is 4.98 Å². The average Bonchev–Trinajstić information content (AvgIpc) is 3.04. The van der Waals surface area contributed by atoms with Crippen molar-refractivity contribution in [2.24, 2.45) is 5.92 Å². The van der Waals surface area contributed by atoms with Crippen molar-refractivity contribution in [3.8, 4) is 0 Å². The van der Waals surface area contributed by atoms with Gasteiger partial charge in [0.1, 0.15) is 0 Å². The number of ether oxygens (including phenoxy) is 1. The SMILES string of the molecule is COCC(O)CNC(=O)C1CC=CCC1c1nc2ccccc2s1. The van der Waals surface area contributed by atoms with E-state index in [1.165, 1.54) is 7.11 Å². The van der Waals surface area contributed by atoms with Gasteiger partial charge in [0.25, 0.3) is 0 Å². The lowest BCUT2D eigenvalue weighted by molar-refractivity contribution is -0.126. The van der Waals surface area contributed by atoms with Crippen molar-refractivity contribution >= 4 is 27.5 Å². The summed E-state index contributed by atoms with van der Waals surface area (Å²) in [5.41, 5.74) is 0.988. The molecule has 1 heterocycles. The molecule has 3 atom stereocenters. The Morgan fingerprint density at radius 2 is 2.21 bits per heavy atom. The molecule has 2 aromatic rings. The van der Waals surface area contributed by atoms with Crippen LogP contribution in [0.25, 0.3) is 10.2 Å². The van der Waals surface area contributed by atoms with Gasteiger partial charge >= 0.3 is 0 Å². The van der Waals surface area contributed by atoms with E-state index in [4.69, 9.17) is 9.72 Å². The van der Waals surface area contributed by atoms with E-state index in [-0.39, 0.29) is 30.9 Å². The van der Waals surface area contributed by atoms with Gasteiger partial charge in [0.15, 0.2) is 0 Å². The summed E-state index contributed by atoms with van der Waals surface area (Å²) in [5, 5.41) is 13.6. The topological polar surface area (TPSA) is 71.5 Å². The van der Waals surface area contributed by atoms with E-state index in [0.29, 0.717) is 6.42 Å². The van der Waals surface area contributed by atoms with E-state index in [0.717, 1.165) is 21.6 Å². The number of allylic oxidation sites excluding steroid dienone is 2. The lowest BCUT2D eigenvalue weighted by atomic mass is 9.82. The highest BCUT2D eigenvalue weighted by Crippen LogP contribution is 2.38. The first-order valence-corrected chi connectivity index (χ1v) is 8.96. The summed E-state index contributed by atoms with van der Waals surface area (Å²) >= 11 is 1.66. The fourth-order valence-corrected chi connectivity index (χ4v) is 4.17. The van der Waals surface area contributed by atoms with Crippen molar-refractivity contribution in [2.75, 3.05) is 20.3 Å². The summed E-state index contributed by atoms with van der Waals surface area (Å²) in [7, 11) is 1.53. The molecule has 128 valence electrons. The highest BCUT2D eigenvalue weighted by molar-refractivity contribution is 7.18. The Morgan fingerprint density at radius 3 is 3.00 bits per heavy atom. The molecular weight excluding hydrogens is 324 g/mol. The molecule has 5 nitrogen and oxygen atoms in total. The zero-order valence-corrected chi connectivity index (χ0v) is 14.5. The van der Waals surface area contributed by atoms with Crippen molar-refractivity contribution in [2.45, 2.75) is 24.9 Å². The molecular formula is C18H22N2O3S. The highest BCUT2D eigenvalue weighted by atomic mass is 32.1. The molecule has 24 heavy (non-hydrogen) atoms. The molecule has 0 bridgehead atoms. The van der Waals surface area contributed by atoms with E-state index >= 15 is 0 Å². The number of thiazole rings is 1. The Balaban J connectivity index is 1.73. The summed E-state index contributed by atoms with van der Waals surface area (Å²) in [4.78, 5) is 17.3. The second-order valence-corrected chi connectivity index (χ2v) is 7.09. The van der Waals surface area contributed by atoms with Crippen LogP contribution in [0.2, 0.25) is 0 Å². The van der Waals surface area contributed by atoms with Gasteiger partial charge in [0.2, 0.25) is 5.91 Å². The third-order valence-electron chi connectivity index (χ3n) is 4.27. The van der Waals surface area contributed by atoms with Gasteiger partial charge in [-0.15, -0.1) is 11.3 Å². The molecule has 0 spiro atoms. The van der Waals surface area contributed by atoms with Gasteiger partial charge in [0.05, 0.1) is 33.9 Å². The third kappa shape index (κ3) is 3.83. The summed E-state index contributed by atoms with van der Waals surface area (Å²) in [6, 6.07) is 8.05. The number of hydrogen-bond donors (Lipinski definition) is 2. The standard InChI is InChI=1S/C18H22N2O3S/c1-23-11-12(21)10-19-17(22)13-6-2-3-7-14(13)18-20-15-8-4-5-9-16(15)24-18/h2-5,8-9,12-14,21H,6-7,10-11H2,1H3,(H,19,22). The molecule has 0 radical (unpaired) electrons. The summed E-state index contributed by atoms with van der Waals surface area (Å²) in [6.45, 7) is 0.422. The smallest absolute Gasteiger partial charge is 0.224 e. The normalized spacial score (nSPS) is 21.8. The van der Waals surface area contributed by atoms with Crippen LogP contribution < -0.4 is 5.32 Å². The average molecular weight is 346 g/mol. The van der Waals surface area contributed by atoms with Crippen LogP contribution in [-0.2, 0) is 9.53 Å². The van der Waals surface area contributed by atoms with Crippen LogP contribution in [0, 0.1) is 5.92 Å². The van der Waals surface area contributed by atoms with Crippen molar-refractivity contribution < 1.29 is 14.6 Å². The summed E-state index contributed by atoms with van der Waals surface area (Å²) in [5.74, 6) is -0.0870. The molecule has 3 rings (SSSR count). The fourth-order valence-electron chi connectivity index (χ4n) is 3.03. The number of carbonyl (C=O) groups excluding carboxylic acids is 1. The van der Waals surface area contributed by atoms with Crippen molar-refractivity contribution in [1.29, 1.82) is 0 Å². The highest BCUT2D eigenvalue weighted by Gasteiger charge is 2.32. The second kappa shape index (κ2) is 7.88. The number of amides is 1. The van der Waals surface area contributed by atoms with Crippen molar-refractivity contribution in [3.05, 3.63) is 41.4 Å². The number of fused-ring (bicyclic) bond motifs is 1. The van der Waals surface area contributed by atoms with Gasteiger partial charge in [-0.1, -0.05) is 24.3 Å².